The maximum atomic E-state index is 12.7. The van der Waals surface area contributed by atoms with Crippen LogP contribution in [0, 0.1) is 0 Å². The van der Waals surface area contributed by atoms with E-state index in [9.17, 15) is 13.2 Å². The lowest BCUT2D eigenvalue weighted by molar-refractivity contribution is -0.111. The van der Waals surface area contributed by atoms with E-state index >= 15 is 0 Å². The van der Waals surface area contributed by atoms with E-state index in [4.69, 9.17) is 4.74 Å². The predicted octanol–water partition coefficient (Wildman–Crippen LogP) is 3.89. The fourth-order valence-corrected chi connectivity index (χ4v) is 4.94. The Kier molecular flexibility index (Phi) is 6.53. The lowest BCUT2D eigenvalue weighted by Crippen LogP contribution is -2.27. The van der Waals surface area contributed by atoms with Crippen molar-refractivity contribution in [3.63, 3.8) is 0 Å². The number of carbonyl (C=O) groups is 1. The molecular formula is C20H21BrN2O4S. The molecule has 0 bridgehead atoms. The fraction of sp³-hybridized carbons (Fsp3) is 0.250. The van der Waals surface area contributed by atoms with Gasteiger partial charge in [-0.3, -0.25) is 4.79 Å². The second kappa shape index (κ2) is 8.89. The number of benzene rings is 2. The molecule has 0 spiro atoms. The minimum Gasteiger partial charge on any atom is -0.496 e. The molecule has 1 saturated heterocycles. The summed E-state index contributed by atoms with van der Waals surface area (Å²) in [4.78, 5) is 12.5. The summed E-state index contributed by atoms with van der Waals surface area (Å²) in [7, 11) is -1.96. The number of halogens is 1. The number of ether oxygens (including phenoxy) is 1. The first-order chi connectivity index (χ1) is 13.4. The van der Waals surface area contributed by atoms with Crippen LogP contribution in [0.3, 0.4) is 0 Å². The second-order valence-corrected chi connectivity index (χ2v) is 9.20. The van der Waals surface area contributed by atoms with Gasteiger partial charge in [-0.1, -0.05) is 22.0 Å². The van der Waals surface area contributed by atoms with Crippen LogP contribution < -0.4 is 10.1 Å². The number of carbonyl (C=O) groups excluding carboxylic acids is 1. The summed E-state index contributed by atoms with van der Waals surface area (Å²) >= 11 is 3.39. The van der Waals surface area contributed by atoms with E-state index in [2.05, 4.69) is 21.2 Å². The van der Waals surface area contributed by atoms with E-state index in [1.54, 1.807) is 37.5 Å². The monoisotopic (exact) mass is 464 g/mol. The minimum absolute atomic E-state index is 0.185. The molecule has 1 N–H and O–H groups in total. The Hall–Kier alpha value is -2.16. The second-order valence-electron chi connectivity index (χ2n) is 6.35. The van der Waals surface area contributed by atoms with Crippen LogP contribution in [0.5, 0.6) is 5.75 Å². The van der Waals surface area contributed by atoms with Crippen molar-refractivity contribution < 1.29 is 17.9 Å². The van der Waals surface area contributed by atoms with Gasteiger partial charge in [0.2, 0.25) is 15.9 Å². The number of amides is 1. The molecule has 8 heteroatoms. The largest absolute Gasteiger partial charge is 0.496 e. The number of methoxy groups -OCH3 is 1. The Balaban J connectivity index is 1.74. The Morgan fingerprint density at radius 1 is 1.18 bits per heavy atom. The summed E-state index contributed by atoms with van der Waals surface area (Å²) in [6.07, 6.45) is 4.77. The van der Waals surface area contributed by atoms with Crippen LogP contribution in [0.4, 0.5) is 5.69 Å². The van der Waals surface area contributed by atoms with E-state index in [1.807, 2.05) is 12.1 Å². The van der Waals surface area contributed by atoms with Crippen molar-refractivity contribution in [2.75, 3.05) is 25.5 Å². The molecular weight excluding hydrogens is 444 g/mol. The molecule has 1 aliphatic rings. The maximum absolute atomic E-state index is 12.7. The molecule has 0 atom stereocenters. The van der Waals surface area contributed by atoms with Crippen molar-refractivity contribution in [1.29, 1.82) is 0 Å². The highest BCUT2D eigenvalue weighted by Crippen LogP contribution is 2.25. The zero-order valence-electron chi connectivity index (χ0n) is 15.4. The molecule has 6 nitrogen and oxygen atoms in total. The highest BCUT2D eigenvalue weighted by Gasteiger charge is 2.27. The SMILES string of the molecule is COc1ccc(Br)cc1/C=C/C(=O)Nc1cccc(S(=O)(=O)N2CCCC2)c1. The first-order valence-electron chi connectivity index (χ1n) is 8.83. The van der Waals surface area contributed by atoms with Gasteiger partial charge in [0.05, 0.1) is 12.0 Å². The lowest BCUT2D eigenvalue weighted by Gasteiger charge is -2.16. The van der Waals surface area contributed by atoms with Crippen molar-refractivity contribution in [3.8, 4) is 5.75 Å². The third-order valence-corrected chi connectivity index (χ3v) is 6.80. The summed E-state index contributed by atoms with van der Waals surface area (Å²) in [6.45, 7) is 1.08. The standard InChI is InChI=1S/C20H21BrN2O4S/c1-27-19-9-8-16(21)13-15(19)7-10-20(24)22-17-5-4-6-18(14-17)28(25,26)23-11-2-3-12-23/h4-10,13-14H,2-3,11-12H2,1H3,(H,22,24)/b10-7+. The molecule has 28 heavy (non-hydrogen) atoms. The average Bonchev–Trinajstić information content (AvgIpc) is 3.22. The highest BCUT2D eigenvalue weighted by atomic mass is 79.9. The summed E-state index contributed by atoms with van der Waals surface area (Å²) < 4.78 is 33.0. The molecule has 3 rings (SSSR count). The normalized spacial score (nSPS) is 15.1. The summed E-state index contributed by atoms with van der Waals surface area (Å²) in [5.41, 5.74) is 1.17. The third kappa shape index (κ3) is 4.81. The number of hydrogen-bond acceptors (Lipinski definition) is 4. The average molecular weight is 465 g/mol. The van der Waals surface area contributed by atoms with Crippen LogP contribution in [0.2, 0.25) is 0 Å². The van der Waals surface area contributed by atoms with Gasteiger partial charge in [-0.2, -0.15) is 4.31 Å². The number of nitrogens with one attached hydrogen (secondary N) is 1. The quantitative estimate of drug-likeness (QED) is 0.657. The number of anilines is 1. The molecule has 0 unspecified atom stereocenters. The van der Waals surface area contributed by atoms with E-state index in [0.717, 1.165) is 22.9 Å². The molecule has 1 amide bonds. The molecule has 2 aromatic carbocycles. The first kappa shape index (κ1) is 20.6. The lowest BCUT2D eigenvalue weighted by atomic mass is 10.2. The summed E-state index contributed by atoms with van der Waals surface area (Å²) in [5.74, 6) is 0.281. The highest BCUT2D eigenvalue weighted by molar-refractivity contribution is 9.10. The van der Waals surface area contributed by atoms with Gasteiger partial charge in [0.1, 0.15) is 5.75 Å². The summed E-state index contributed by atoms with van der Waals surface area (Å²) in [6, 6.07) is 11.8. The molecule has 148 valence electrons. The van der Waals surface area contributed by atoms with Crippen LogP contribution >= 0.6 is 15.9 Å². The van der Waals surface area contributed by atoms with Gasteiger partial charge < -0.3 is 10.1 Å². The van der Waals surface area contributed by atoms with Gasteiger partial charge in [0.25, 0.3) is 0 Å². The van der Waals surface area contributed by atoms with Crippen molar-refractivity contribution in [3.05, 3.63) is 58.6 Å². The molecule has 0 aromatic heterocycles. The summed E-state index contributed by atoms with van der Waals surface area (Å²) in [5, 5.41) is 2.71. The number of sulfonamides is 1. The molecule has 0 aliphatic carbocycles. The predicted molar refractivity (Wildman–Crippen MR) is 113 cm³/mol. The number of hydrogen-bond donors (Lipinski definition) is 1. The third-order valence-electron chi connectivity index (χ3n) is 4.41. The number of rotatable bonds is 6. The first-order valence-corrected chi connectivity index (χ1v) is 11.1. The molecule has 0 saturated carbocycles. The van der Waals surface area contributed by atoms with Crippen LogP contribution in [0.15, 0.2) is 57.9 Å². The van der Waals surface area contributed by atoms with E-state index in [1.165, 1.54) is 16.4 Å². The Morgan fingerprint density at radius 3 is 2.64 bits per heavy atom. The zero-order chi connectivity index (χ0) is 20.1. The Bertz CT molecular complexity index is 999. The van der Waals surface area contributed by atoms with Crippen molar-refractivity contribution in [1.82, 2.24) is 4.31 Å². The molecule has 1 aliphatic heterocycles. The van der Waals surface area contributed by atoms with Crippen molar-refractivity contribution in [2.45, 2.75) is 17.7 Å². The van der Waals surface area contributed by atoms with Gasteiger partial charge in [-0.15, -0.1) is 0 Å². The maximum Gasteiger partial charge on any atom is 0.248 e. The van der Waals surface area contributed by atoms with E-state index in [0.29, 0.717) is 24.5 Å². The van der Waals surface area contributed by atoms with Crippen molar-refractivity contribution >= 4 is 43.6 Å². The number of nitrogens with zero attached hydrogens (tertiary/aromatic N) is 1. The molecule has 1 heterocycles. The van der Waals surface area contributed by atoms with Gasteiger partial charge in [-0.25, -0.2) is 8.42 Å². The molecule has 0 radical (unpaired) electrons. The Morgan fingerprint density at radius 2 is 1.93 bits per heavy atom. The van der Waals surface area contributed by atoms with E-state index < -0.39 is 10.0 Å². The minimum atomic E-state index is -3.52. The van der Waals surface area contributed by atoms with Crippen LogP contribution in [0.25, 0.3) is 6.08 Å². The van der Waals surface area contributed by atoms with Gasteiger partial charge >= 0.3 is 0 Å². The van der Waals surface area contributed by atoms with E-state index in [-0.39, 0.29) is 10.8 Å². The zero-order valence-corrected chi connectivity index (χ0v) is 17.8. The van der Waals surface area contributed by atoms with Crippen molar-refractivity contribution in [2.24, 2.45) is 0 Å². The molecule has 1 fully saturated rings. The van der Waals surface area contributed by atoms with Gasteiger partial charge in [0, 0.05) is 34.9 Å². The van der Waals surface area contributed by atoms with Crippen LogP contribution in [-0.4, -0.2) is 38.8 Å². The molecule has 2 aromatic rings. The van der Waals surface area contributed by atoms with Crippen LogP contribution in [-0.2, 0) is 14.8 Å². The fourth-order valence-electron chi connectivity index (χ4n) is 3.00. The van der Waals surface area contributed by atoms with Crippen LogP contribution in [0.1, 0.15) is 18.4 Å². The topological polar surface area (TPSA) is 75.7 Å². The van der Waals surface area contributed by atoms with Gasteiger partial charge in [-0.05, 0) is 55.3 Å². The Labute approximate surface area is 173 Å². The smallest absolute Gasteiger partial charge is 0.248 e. The van der Waals surface area contributed by atoms with Gasteiger partial charge in [0.15, 0.2) is 0 Å².